The molecule has 1 aromatic carbocycles. The van der Waals surface area contributed by atoms with Crippen molar-refractivity contribution >= 4 is 15.9 Å². The molecule has 1 aromatic rings. The molecule has 1 aliphatic carbocycles. The number of hydrogen-bond acceptors (Lipinski definition) is 2. The van der Waals surface area contributed by atoms with Crippen LogP contribution in [-0.4, -0.2) is 19.6 Å². The smallest absolute Gasteiger partial charge is 0.0205 e. The first-order chi connectivity index (χ1) is 8.78. The van der Waals surface area contributed by atoms with Crippen LogP contribution < -0.4 is 10.6 Å². The number of benzene rings is 1. The second-order valence-electron chi connectivity index (χ2n) is 5.26. The molecule has 0 atom stereocenters. The Hall–Kier alpha value is -0.380. The van der Waals surface area contributed by atoms with Gasteiger partial charge in [-0.1, -0.05) is 28.1 Å². The van der Waals surface area contributed by atoms with Gasteiger partial charge in [-0.2, -0.15) is 0 Å². The van der Waals surface area contributed by atoms with Crippen molar-refractivity contribution in [1.82, 2.24) is 10.6 Å². The van der Waals surface area contributed by atoms with Gasteiger partial charge in [-0.25, -0.2) is 0 Å². The topological polar surface area (TPSA) is 24.1 Å². The van der Waals surface area contributed by atoms with Gasteiger partial charge in [-0.05, 0) is 62.9 Å². The van der Waals surface area contributed by atoms with Crippen LogP contribution in [0.15, 0.2) is 28.7 Å². The summed E-state index contributed by atoms with van der Waals surface area (Å²) in [7, 11) is 2.08. The number of halogens is 1. The van der Waals surface area contributed by atoms with Crippen LogP contribution in [0.2, 0.25) is 0 Å². The summed E-state index contributed by atoms with van der Waals surface area (Å²) >= 11 is 3.46. The summed E-state index contributed by atoms with van der Waals surface area (Å²) in [6, 6.07) is 9.32. The Bertz CT molecular complexity index is 342. The maximum atomic E-state index is 3.59. The minimum atomic E-state index is 0.757. The summed E-state index contributed by atoms with van der Waals surface area (Å²) in [5.41, 5.74) is 1.36. The second kappa shape index (κ2) is 7.27. The van der Waals surface area contributed by atoms with E-state index >= 15 is 0 Å². The van der Waals surface area contributed by atoms with Gasteiger partial charge in [0.25, 0.3) is 0 Å². The van der Waals surface area contributed by atoms with Crippen molar-refractivity contribution in [1.29, 1.82) is 0 Å². The molecule has 0 heterocycles. The van der Waals surface area contributed by atoms with Gasteiger partial charge in [0.05, 0.1) is 0 Å². The van der Waals surface area contributed by atoms with Crippen molar-refractivity contribution in [3.8, 4) is 0 Å². The Morgan fingerprint density at radius 1 is 1.11 bits per heavy atom. The van der Waals surface area contributed by atoms with Gasteiger partial charge >= 0.3 is 0 Å². The van der Waals surface area contributed by atoms with E-state index in [1.165, 1.54) is 31.2 Å². The molecule has 0 aromatic heterocycles. The molecule has 0 bridgehead atoms. The highest BCUT2D eigenvalue weighted by Gasteiger charge is 2.19. The normalized spacial score (nSPS) is 24.1. The van der Waals surface area contributed by atoms with E-state index < -0.39 is 0 Å². The van der Waals surface area contributed by atoms with Gasteiger partial charge in [0.2, 0.25) is 0 Å². The molecule has 3 heteroatoms. The lowest BCUT2D eigenvalue weighted by Gasteiger charge is -2.28. The predicted octanol–water partition coefficient (Wildman–Crippen LogP) is 3.32. The minimum absolute atomic E-state index is 0.757. The maximum absolute atomic E-state index is 3.59. The van der Waals surface area contributed by atoms with E-state index in [2.05, 4.69) is 57.9 Å². The first kappa shape index (κ1) is 14.0. The largest absolute Gasteiger partial charge is 0.317 e. The number of hydrogen-bond donors (Lipinski definition) is 2. The molecular formula is C15H23BrN2. The van der Waals surface area contributed by atoms with Gasteiger partial charge in [0.15, 0.2) is 0 Å². The van der Waals surface area contributed by atoms with E-state index in [1.807, 2.05) is 0 Å². The Morgan fingerprint density at radius 3 is 2.39 bits per heavy atom. The molecule has 18 heavy (non-hydrogen) atoms. The molecule has 2 N–H and O–H groups in total. The highest BCUT2D eigenvalue weighted by Crippen LogP contribution is 2.23. The lowest BCUT2D eigenvalue weighted by atomic mass is 9.86. The van der Waals surface area contributed by atoms with Crippen LogP contribution in [0, 0.1) is 5.92 Å². The third kappa shape index (κ3) is 4.38. The first-order valence-corrected chi connectivity index (χ1v) is 7.69. The predicted molar refractivity (Wildman–Crippen MR) is 80.7 cm³/mol. The molecule has 2 rings (SSSR count). The van der Waals surface area contributed by atoms with Crippen LogP contribution in [0.3, 0.4) is 0 Å². The lowest BCUT2D eigenvalue weighted by Crippen LogP contribution is -2.33. The van der Waals surface area contributed by atoms with E-state index in [4.69, 9.17) is 0 Å². The summed E-state index contributed by atoms with van der Waals surface area (Å²) in [4.78, 5) is 0. The fourth-order valence-electron chi connectivity index (χ4n) is 2.68. The van der Waals surface area contributed by atoms with Gasteiger partial charge in [0.1, 0.15) is 0 Å². The average Bonchev–Trinajstić information content (AvgIpc) is 2.42. The summed E-state index contributed by atoms with van der Waals surface area (Å²) in [6.45, 7) is 2.14. The number of nitrogens with one attached hydrogen (secondary N) is 2. The summed E-state index contributed by atoms with van der Waals surface area (Å²) in [5, 5.41) is 6.97. The van der Waals surface area contributed by atoms with Crippen LogP contribution >= 0.6 is 15.9 Å². The van der Waals surface area contributed by atoms with Gasteiger partial charge in [0, 0.05) is 17.1 Å². The van der Waals surface area contributed by atoms with Crippen molar-refractivity contribution in [2.45, 2.75) is 38.3 Å². The van der Waals surface area contributed by atoms with E-state index in [9.17, 15) is 0 Å². The Morgan fingerprint density at radius 2 is 1.78 bits per heavy atom. The molecule has 100 valence electrons. The fraction of sp³-hybridized carbons (Fsp3) is 0.600. The third-order valence-electron chi connectivity index (χ3n) is 3.93. The molecule has 1 fully saturated rings. The zero-order valence-corrected chi connectivity index (χ0v) is 12.7. The van der Waals surface area contributed by atoms with Gasteiger partial charge < -0.3 is 10.6 Å². The van der Waals surface area contributed by atoms with Gasteiger partial charge in [-0.15, -0.1) is 0 Å². The van der Waals surface area contributed by atoms with Crippen LogP contribution in [0.5, 0.6) is 0 Å². The zero-order valence-electron chi connectivity index (χ0n) is 11.1. The molecule has 0 aliphatic heterocycles. The fourth-order valence-corrected chi connectivity index (χ4v) is 2.94. The zero-order chi connectivity index (χ0) is 12.8. The van der Waals surface area contributed by atoms with E-state index in [-0.39, 0.29) is 0 Å². The van der Waals surface area contributed by atoms with Crippen molar-refractivity contribution in [3.63, 3.8) is 0 Å². The molecule has 1 aliphatic rings. The van der Waals surface area contributed by atoms with Gasteiger partial charge in [-0.3, -0.25) is 0 Å². The highest BCUT2D eigenvalue weighted by atomic mass is 79.9. The van der Waals surface area contributed by atoms with Crippen LogP contribution in [-0.2, 0) is 6.54 Å². The van der Waals surface area contributed by atoms with Crippen molar-refractivity contribution in [3.05, 3.63) is 34.3 Å². The Kier molecular flexibility index (Phi) is 5.67. The van der Waals surface area contributed by atoms with E-state index in [0.29, 0.717) is 0 Å². The molecular weight excluding hydrogens is 288 g/mol. The second-order valence-corrected chi connectivity index (χ2v) is 6.18. The van der Waals surface area contributed by atoms with Crippen molar-refractivity contribution in [2.24, 2.45) is 5.92 Å². The summed E-state index contributed by atoms with van der Waals surface area (Å²) in [6.07, 6.45) is 5.39. The highest BCUT2D eigenvalue weighted by molar-refractivity contribution is 9.10. The molecule has 2 nitrogen and oxygen atoms in total. The Balaban J connectivity index is 1.65. The SMILES string of the molecule is CNC1CCC(CNCc2ccc(Br)cc2)CC1. The number of rotatable bonds is 5. The molecule has 0 unspecified atom stereocenters. The van der Waals surface area contributed by atoms with E-state index in [1.54, 1.807) is 0 Å². The van der Waals surface area contributed by atoms with Crippen LogP contribution in [0.1, 0.15) is 31.2 Å². The molecule has 0 spiro atoms. The van der Waals surface area contributed by atoms with E-state index in [0.717, 1.165) is 29.5 Å². The quantitative estimate of drug-likeness (QED) is 0.872. The van der Waals surface area contributed by atoms with Crippen molar-refractivity contribution in [2.75, 3.05) is 13.6 Å². The van der Waals surface area contributed by atoms with Crippen molar-refractivity contribution < 1.29 is 0 Å². The molecule has 1 saturated carbocycles. The molecule has 0 saturated heterocycles. The molecule has 0 amide bonds. The first-order valence-electron chi connectivity index (χ1n) is 6.90. The maximum Gasteiger partial charge on any atom is 0.0205 e. The van der Waals surface area contributed by atoms with Crippen LogP contribution in [0.4, 0.5) is 0 Å². The minimum Gasteiger partial charge on any atom is -0.317 e. The Labute approximate surface area is 119 Å². The summed E-state index contributed by atoms with van der Waals surface area (Å²) < 4.78 is 1.15. The summed E-state index contributed by atoms with van der Waals surface area (Å²) in [5.74, 6) is 0.866. The third-order valence-corrected chi connectivity index (χ3v) is 4.46. The monoisotopic (exact) mass is 310 g/mol. The average molecular weight is 311 g/mol. The lowest BCUT2D eigenvalue weighted by molar-refractivity contribution is 0.292. The molecule has 0 radical (unpaired) electrons. The van der Waals surface area contributed by atoms with Crippen LogP contribution in [0.25, 0.3) is 0 Å². The standard InChI is InChI=1S/C15H23BrN2/c1-17-15-8-4-13(5-9-15)11-18-10-12-2-6-14(16)7-3-12/h2-3,6-7,13,15,17-18H,4-5,8-11H2,1H3.